The van der Waals surface area contributed by atoms with Gasteiger partial charge in [-0.25, -0.2) is 0 Å². The lowest BCUT2D eigenvalue weighted by molar-refractivity contribution is 0.156. The van der Waals surface area contributed by atoms with E-state index in [-0.39, 0.29) is 0 Å². The van der Waals surface area contributed by atoms with E-state index >= 15 is 0 Å². The molecule has 1 aromatic rings. The summed E-state index contributed by atoms with van der Waals surface area (Å²) < 4.78 is 0. The molecule has 0 aromatic carbocycles. The van der Waals surface area contributed by atoms with Crippen molar-refractivity contribution in [3.63, 3.8) is 0 Å². The minimum Gasteiger partial charge on any atom is -0.314 e. The quantitative estimate of drug-likeness (QED) is 0.712. The highest BCUT2D eigenvalue weighted by molar-refractivity contribution is 7.12. The Balaban J connectivity index is 1.56. The van der Waals surface area contributed by atoms with Crippen LogP contribution in [0.5, 0.6) is 0 Å². The maximum Gasteiger partial charge on any atom is 0.00682 e. The predicted molar refractivity (Wildman–Crippen MR) is 93.3 cm³/mol. The van der Waals surface area contributed by atoms with Gasteiger partial charge in [0, 0.05) is 15.8 Å². The van der Waals surface area contributed by atoms with Gasteiger partial charge < -0.3 is 5.32 Å². The fourth-order valence-corrected chi connectivity index (χ4v) is 5.06. The number of hydrogen-bond acceptors (Lipinski definition) is 2. The Morgan fingerprint density at radius 3 is 2.52 bits per heavy atom. The van der Waals surface area contributed by atoms with E-state index in [1.165, 1.54) is 75.6 Å². The minimum absolute atomic E-state index is 0.641. The molecule has 0 aliphatic heterocycles. The van der Waals surface area contributed by atoms with Crippen LogP contribution in [-0.4, -0.2) is 12.6 Å². The molecule has 1 heterocycles. The lowest BCUT2D eigenvalue weighted by Gasteiger charge is -2.38. The Morgan fingerprint density at radius 1 is 1.14 bits per heavy atom. The predicted octanol–water partition coefficient (Wildman–Crippen LogP) is 5.39. The van der Waals surface area contributed by atoms with Gasteiger partial charge in [-0.05, 0) is 82.4 Å². The first-order valence-electron chi connectivity index (χ1n) is 8.96. The first-order valence-corrected chi connectivity index (χ1v) is 9.78. The molecule has 1 N–H and O–H groups in total. The first kappa shape index (κ1) is 15.6. The highest BCUT2D eigenvalue weighted by Gasteiger charge is 2.32. The van der Waals surface area contributed by atoms with Gasteiger partial charge >= 0.3 is 0 Å². The van der Waals surface area contributed by atoms with Crippen molar-refractivity contribution in [3.05, 3.63) is 21.4 Å². The summed E-state index contributed by atoms with van der Waals surface area (Å²) in [5.41, 5.74) is 2.26. The lowest BCUT2D eigenvalue weighted by atomic mass is 9.68. The van der Waals surface area contributed by atoms with Gasteiger partial charge in [-0.3, -0.25) is 0 Å². The zero-order valence-electron chi connectivity index (χ0n) is 13.8. The van der Waals surface area contributed by atoms with E-state index in [9.17, 15) is 0 Å². The van der Waals surface area contributed by atoms with Crippen molar-refractivity contribution in [2.24, 2.45) is 5.41 Å². The molecule has 0 bridgehead atoms. The second-order valence-electron chi connectivity index (χ2n) is 7.48. The van der Waals surface area contributed by atoms with Gasteiger partial charge in [0.15, 0.2) is 0 Å². The Morgan fingerprint density at radius 2 is 1.90 bits per heavy atom. The monoisotopic (exact) mass is 305 g/mol. The molecule has 118 valence electrons. The molecule has 0 saturated heterocycles. The molecular formula is C19H31NS. The molecule has 1 aromatic heterocycles. The number of nitrogens with one attached hydrogen (secondary N) is 1. The highest BCUT2D eigenvalue weighted by Crippen LogP contribution is 2.43. The van der Waals surface area contributed by atoms with Crippen LogP contribution in [0.15, 0.2) is 6.07 Å². The topological polar surface area (TPSA) is 12.0 Å². The fraction of sp³-hybridized carbons (Fsp3) is 0.789. The Bertz CT molecular complexity index is 452. The summed E-state index contributed by atoms with van der Waals surface area (Å²) in [7, 11) is 0. The van der Waals surface area contributed by atoms with Crippen LogP contribution in [0.3, 0.4) is 0 Å². The van der Waals surface area contributed by atoms with E-state index in [4.69, 9.17) is 0 Å². The van der Waals surface area contributed by atoms with E-state index in [0.717, 1.165) is 6.04 Å². The molecule has 3 rings (SSSR count). The average Bonchev–Trinajstić information content (AvgIpc) is 3.23. The molecule has 2 heteroatoms. The second-order valence-corrected chi connectivity index (χ2v) is 8.94. The standard InChI is InChI=1S/C19H31NS/c1-15-14-17(16(2)21-15)8-11-19(9-4-3-5-10-19)12-13-20-18-6-7-18/h14,18,20H,3-13H2,1-2H3. The average molecular weight is 306 g/mol. The summed E-state index contributed by atoms with van der Waals surface area (Å²) in [6.45, 7) is 5.80. The SMILES string of the molecule is Cc1cc(CCC2(CCNC3CC3)CCCCC2)c(C)s1. The summed E-state index contributed by atoms with van der Waals surface area (Å²) in [4.78, 5) is 3.03. The molecule has 2 fully saturated rings. The molecule has 2 saturated carbocycles. The molecule has 0 spiro atoms. The Hall–Kier alpha value is -0.340. The van der Waals surface area contributed by atoms with Gasteiger partial charge in [0.2, 0.25) is 0 Å². The normalized spacial score (nSPS) is 21.6. The van der Waals surface area contributed by atoms with Gasteiger partial charge in [0.25, 0.3) is 0 Å². The van der Waals surface area contributed by atoms with Gasteiger partial charge in [-0.1, -0.05) is 19.3 Å². The van der Waals surface area contributed by atoms with Gasteiger partial charge in [-0.15, -0.1) is 11.3 Å². The van der Waals surface area contributed by atoms with Gasteiger partial charge in [0.05, 0.1) is 0 Å². The number of aryl methyl sites for hydroxylation is 3. The largest absolute Gasteiger partial charge is 0.314 e. The van der Waals surface area contributed by atoms with E-state index in [0.29, 0.717) is 5.41 Å². The number of hydrogen-bond donors (Lipinski definition) is 1. The van der Waals surface area contributed by atoms with Gasteiger partial charge in [0.1, 0.15) is 0 Å². The lowest BCUT2D eigenvalue weighted by Crippen LogP contribution is -2.30. The van der Waals surface area contributed by atoms with Crippen LogP contribution >= 0.6 is 11.3 Å². The molecular weight excluding hydrogens is 274 g/mol. The van der Waals surface area contributed by atoms with Gasteiger partial charge in [-0.2, -0.15) is 0 Å². The maximum atomic E-state index is 3.74. The Labute approximate surface area is 134 Å². The van der Waals surface area contributed by atoms with Crippen molar-refractivity contribution in [1.82, 2.24) is 5.32 Å². The minimum atomic E-state index is 0.641. The van der Waals surface area contributed by atoms with Crippen molar-refractivity contribution >= 4 is 11.3 Å². The summed E-state index contributed by atoms with van der Waals surface area (Å²) in [6, 6.07) is 3.30. The van der Waals surface area contributed by atoms with Crippen LogP contribution in [-0.2, 0) is 6.42 Å². The maximum absolute atomic E-state index is 3.74. The smallest absolute Gasteiger partial charge is 0.00682 e. The molecule has 1 nitrogen and oxygen atoms in total. The van der Waals surface area contributed by atoms with Crippen LogP contribution in [0.2, 0.25) is 0 Å². The third-order valence-corrected chi connectivity index (χ3v) is 6.66. The summed E-state index contributed by atoms with van der Waals surface area (Å²) in [5.74, 6) is 0. The van der Waals surface area contributed by atoms with E-state index in [2.05, 4.69) is 25.2 Å². The van der Waals surface area contributed by atoms with Crippen molar-refractivity contribution in [3.8, 4) is 0 Å². The van der Waals surface area contributed by atoms with Crippen molar-refractivity contribution < 1.29 is 0 Å². The van der Waals surface area contributed by atoms with Crippen molar-refractivity contribution in [2.45, 2.75) is 84.1 Å². The van der Waals surface area contributed by atoms with E-state index in [1.54, 1.807) is 10.4 Å². The first-order chi connectivity index (χ1) is 10.2. The van der Waals surface area contributed by atoms with Crippen LogP contribution in [0.4, 0.5) is 0 Å². The molecule has 2 aliphatic carbocycles. The molecule has 21 heavy (non-hydrogen) atoms. The van der Waals surface area contributed by atoms with Crippen LogP contribution in [0, 0.1) is 19.3 Å². The van der Waals surface area contributed by atoms with Crippen LogP contribution in [0.25, 0.3) is 0 Å². The Kier molecular flexibility index (Phi) is 5.06. The highest BCUT2D eigenvalue weighted by atomic mass is 32.1. The number of rotatable bonds is 7. The molecule has 0 amide bonds. The van der Waals surface area contributed by atoms with E-state index < -0.39 is 0 Å². The van der Waals surface area contributed by atoms with Crippen LogP contribution < -0.4 is 5.32 Å². The molecule has 0 atom stereocenters. The summed E-state index contributed by atoms with van der Waals surface area (Å²) in [5, 5.41) is 3.74. The fourth-order valence-electron chi connectivity index (χ4n) is 4.09. The van der Waals surface area contributed by atoms with Crippen molar-refractivity contribution in [1.29, 1.82) is 0 Å². The number of thiophene rings is 1. The zero-order valence-corrected chi connectivity index (χ0v) is 14.7. The third-order valence-electron chi connectivity index (χ3n) is 5.65. The third kappa shape index (κ3) is 4.32. The van der Waals surface area contributed by atoms with Crippen LogP contribution in [0.1, 0.15) is 73.1 Å². The zero-order chi connectivity index (χ0) is 14.7. The molecule has 0 unspecified atom stereocenters. The van der Waals surface area contributed by atoms with E-state index in [1.807, 2.05) is 11.3 Å². The second kappa shape index (κ2) is 6.83. The summed E-state index contributed by atoms with van der Waals surface area (Å²) in [6.07, 6.45) is 14.3. The van der Waals surface area contributed by atoms with Crippen molar-refractivity contribution in [2.75, 3.05) is 6.54 Å². The summed E-state index contributed by atoms with van der Waals surface area (Å²) >= 11 is 1.97. The molecule has 0 radical (unpaired) electrons. The molecule has 2 aliphatic rings.